The molecule has 0 radical (unpaired) electrons. The van der Waals surface area contributed by atoms with E-state index in [9.17, 15) is 0 Å². The summed E-state index contributed by atoms with van der Waals surface area (Å²) in [5, 5.41) is 3.41. The maximum absolute atomic E-state index is 4.45. The van der Waals surface area contributed by atoms with E-state index in [-0.39, 0.29) is 0 Å². The van der Waals surface area contributed by atoms with E-state index in [1.54, 1.807) is 6.33 Å². The first kappa shape index (κ1) is 15.3. The van der Waals surface area contributed by atoms with Crippen LogP contribution in [0.25, 0.3) is 0 Å². The number of nitrogens with one attached hydrogen (secondary N) is 1. The highest BCUT2D eigenvalue weighted by atomic mass is 79.9. The number of anilines is 2. The Morgan fingerprint density at radius 1 is 1.27 bits per heavy atom. The largest absolute Gasteiger partial charge is 0.367 e. The molecule has 2 aromatic rings. The average molecular weight is 361 g/mol. The van der Waals surface area contributed by atoms with Crippen molar-refractivity contribution in [1.29, 1.82) is 0 Å². The maximum Gasteiger partial charge on any atom is 0.134 e. The fraction of sp³-hybridized carbons (Fsp3) is 0.412. The summed E-state index contributed by atoms with van der Waals surface area (Å²) in [5.74, 6) is 1.89. The summed E-state index contributed by atoms with van der Waals surface area (Å²) in [5.41, 5.74) is 2.81. The molecular formula is C17H21BrN4. The Hall–Kier alpha value is -1.62. The first-order valence-corrected chi connectivity index (χ1v) is 8.56. The second-order valence-corrected chi connectivity index (χ2v) is 6.72. The van der Waals surface area contributed by atoms with Gasteiger partial charge in [-0.05, 0) is 43.0 Å². The van der Waals surface area contributed by atoms with E-state index in [2.05, 4.69) is 74.2 Å². The van der Waals surface area contributed by atoms with Crippen LogP contribution >= 0.6 is 15.9 Å². The first-order chi connectivity index (χ1) is 10.7. The van der Waals surface area contributed by atoms with E-state index in [0.717, 1.165) is 42.0 Å². The van der Waals surface area contributed by atoms with Crippen molar-refractivity contribution in [2.75, 3.05) is 16.8 Å². The summed E-state index contributed by atoms with van der Waals surface area (Å²) in [6, 6.07) is 9.01. The van der Waals surface area contributed by atoms with Crippen LogP contribution in [0.3, 0.4) is 0 Å². The van der Waals surface area contributed by atoms with Crippen LogP contribution in [-0.4, -0.2) is 22.6 Å². The van der Waals surface area contributed by atoms with Gasteiger partial charge >= 0.3 is 0 Å². The monoisotopic (exact) mass is 360 g/mol. The molecule has 22 heavy (non-hydrogen) atoms. The average Bonchev–Trinajstić information content (AvgIpc) is 2.54. The van der Waals surface area contributed by atoms with E-state index in [0.29, 0.717) is 6.04 Å². The maximum atomic E-state index is 4.45. The Bertz CT molecular complexity index is 659. The van der Waals surface area contributed by atoms with Gasteiger partial charge in [0.1, 0.15) is 18.0 Å². The number of nitrogens with zero attached hydrogens (tertiary/aromatic N) is 3. The summed E-state index contributed by atoms with van der Waals surface area (Å²) in [6.45, 7) is 6.22. The molecule has 0 aliphatic carbocycles. The van der Waals surface area contributed by atoms with Crippen molar-refractivity contribution in [3.63, 3.8) is 0 Å². The van der Waals surface area contributed by atoms with Gasteiger partial charge in [-0.25, -0.2) is 9.97 Å². The number of rotatable bonds is 4. The highest BCUT2D eigenvalue weighted by molar-refractivity contribution is 9.10. The van der Waals surface area contributed by atoms with Gasteiger partial charge in [-0.1, -0.05) is 28.9 Å². The van der Waals surface area contributed by atoms with Crippen molar-refractivity contribution in [2.24, 2.45) is 0 Å². The van der Waals surface area contributed by atoms with Crippen LogP contribution in [0.15, 0.2) is 35.1 Å². The molecule has 1 aromatic heterocycles. The van der Waals surface area contributed by atoms with E-state index in [1.807, 2.05) is 0 Å². The third kappa shape index (κ3) is 3.40. The van der Waals surface area contributed by atoms with Crippen LogP contribution in [0, 0.1) is 0 Å². The third-order valence-corrected chi connectivity index (χ3v) is 4.66. The van der Waals surface area contributed by atoms with Gasteiger partial charge in [0, 0.05) is 29.7 Å². The molecule has 0 saturated carbocycles. The molecule has 4 nitrogen and oxygen atoms in total. The van der Waals surface area contributed by atoms with E-state index in [4.69, 9.17) is 0 Å². The molecule has 5 heteroatoms. The van der Waals surface area contributed by atoms with E-state index >= 15 is 0 Å². The standard InChI is InChI=1S/C17H21BrN4/c1-3-12(2)21-16-9-17(20-11-19-16)22-7-6-13-4-5-15(18)8-14(13)10-22/h4-5,8-9,11-12H,3,6-7,10H2,1-2H3,(H,19,20,21)/t12-/m0/s1. The normalized spacial score (nSPS) is 15.3. The zero-order chi connectivity index (χ0) is 15.5. The molecule has 2 heterocycles. The Balaban J connectivity index is 1.79. The Morgan fingerprint density at radius 3 is 2.95 bits per heavy atom. The quantitative estimate of drug-likeness (QED) is 0.893. The number of aromatic nitrogens is 2. The SMILES string of the molecule is CC[C@H](C)Nc1cc(N2CCc3ccc(Br)cc3C2)ncn1. The molecule has 1 aromatic carbocycles. The fourth-order valence-electron chi connectivity index (χ4n) is 2.67. The zero-order valence-corrected chi connectivity index (χ0v) is 14.6. The number of hydrogen-bond acceptors (Lipinski definition) is 4. The summed E-state index contributed by atoms with van der Waals surface area (Å²) < 4.78 is 1.13. The smallest absolute Gasteiger partial charge is 0.134 e. The Labute approximate surface area is 140 Å². The molecule has 1 aliphatic rings. The van der Waals surface area contributed by atoms with Crippen molar-refractivity contribution in [2.45, 2.75) is 39.3 Å². The number of halogens is 1. The summed E-state index contributed by atoms with van der Waals surface area (Å²) >= 11 is 3.56. The van der Waals surface area contributed by atoms with Crippen LogP contribution < -0.4 is 10.2 Å². The molecule has 0 fully saturated rings. The molecule has 3 rings (SSSR count). The highest BCUT2D eigenvalue weighted by Gasteiger charge is 2.18. The Morgan fingerprint density at radius 2 is 2.14 bits per heavy atom. The number of fused-ring (bicyclic) bond motifs is 1. The lowest BCUT2D eigenvalue weighted by Gasteiger charge is -2.30. The van der Waals surface area contributed by atoms with Gasteiger partial charge in [-0.15, -0.1) is 0 Å². The molecule has 1 aliphatic heterocycles. The van der Waals surface area contributed by atoms with E-state index in [1.165, 1.54) is 11.1 Å². The fourth-order valence-corrected chi connectivity index (χ4v) is 3.08. The summed E-state index contributed by atoms with van der Waals surface area (Å²) in [7, 11) is 0. The van der Waals surface area contributed by atoms with Gasteiger partial charge in [0.25, 0.3) is 0 Å². The van der Waals surface area contributed by atoms with Crippen LogP contribution in [0.1, 0.15) is 31.4 Å². The van der Waals surface area contributed by atoms with Crippen molar-refractivity contribution in [1.82, 2.24) is 9.97 Å². The Kier molecular flexibility index (Phi) is 4.62. The second kappa shape index (κ2) is 6.65. The van der Waals surface area contributed by atoms with Gasteiger partial charge in [0.2, 0.25) is 0 Å². The van der Waals surface area contributed by atoms with Crippen molar-refractivity contribution < 1.29 is 0 Å². The molecule has 0 amide bonds. The van der Waals surface area contributed by atoms with Crippen LogP contribution in [0.2, 0.25) is 0 Å². The molecule has 1 atom stereocenters. The lowest BCUT2D eigenvalue weighted by molar-refractivity contribution is 0.717. The molecule has 0 bridgehead atoms. The topological polar surface area (TPSA) is 41.0 Å². The van der Waals surface area contributed by atoms with Gasteiger partial charge < -0.3 is 10.2 Å². The lowest BCUT2D eigenvalue weighted by Crippen LogP contribution is -2.31. The molecule has 0 unspecified atom stereocenters. The van der Waals surface area contributed by atoms with Crippen LogP contribution in [0.4, 0.5) is 11.6 Å². The molecule has 1 N–H and O–H groups in total. The molecule has 0 spiro atoms. The van der Waals surface area contributed by atoms with Crippen molar-refractivity contribution >= 4 is 27.6 Å². The molecule has 0 saturated heterocycles. The van der Waals surface area contributed by atoms with Gasteiger partial charge in [-0.2, -0.15) is 0 Å². The second-order valence-electron chi connectivity index (χ2n) is 5.80. The molecule has 116 valence electrons. The number of benzene rings is 1. The molecular weight excluding hydrogens is 340 g/mol. The number of hydrogen-bond donors (Lipinski definition) is 1. The summed E-state index contributed by atoms with van der Waals surface area (Å²) in [4.78, 5) is 11.1. The predicted molar refractivity (Wildman–Crippen MR) is 94.3 cm³/mol. The van der Waals surface area contributed by atoms with E-state index < -0.39 is 0 Å². The van der Waals surface area contributed by atoms with Crippen molar-refractivity contribution in [3.8, 4) is 0 Å². The minimum absolute atomic E-state index is 0.417. The highest BCUT2D eigenvalue weighted by Crippen LogP contribution is 2.26. The van der Waals surface area contributed by atoms with Crippen LogP contribution in [-0.2, 0) is 13.0 Å². The predicted octanol–water partition coefficient (Wildman–Crippen LogP) is 4.01. The first-order valence-electron chi connectivity index (χ1n) is 7.76. The van der Waals surface area contributed by atoms with Gasteiger partial charge in [-0.3, -0.25) is 0 Å². The lowest BCUT2D eigenvalue weighted by atomic mass is 10.00. The van der Waals surface area contributed by atoms with Crippen molar-refractivity contribution in [3.05, 3.63) is 46.2 Å². The van der Waals surface area contributed by atoms with Crippen LogP contribution in [0.5, 0.6) is 0 Å². The third-order valence-electron chi connectivity index (χ3n) is 4.16. The zero-order valence-electron chi connectivity index (χ0n) is 13.0. The minimum atomic E-state index is 0.417. The van der Waals surface area contributed by atoms with Gasteiger partial charge in [0.05, 0.1) is 0 Å². The summed E-state index contributed by atoms with van der Waals surface area (Å²) in [6.07, 6.45) is 3.78. The minimum Gasteiger partial charge on any atom is -0.367 e. The van der Waals surface area contributed by atoms with Gasteiger partial charge in [0.15, 0.2) is 0 Å².